The van der Waals surface area contributed by atoms with Gasteiger partial charge in [0.2, 0.25) is 0 Å². The molecule has 2 rings (SSSR count). The Bertz CT molecular complexity index is 820. The van der Waals surface area contributed by atoms with Crippen molar-refractivity contribution < 1.29 is 25.2 Å². The van der Waals surface area contributed by atoms with E-state index in [-0.39, 0.29) is 12.8 Å². The lowest BCUT2D eigenvalue weighted by molar-refractivity contribution is -0.137. The molecule has 0 spiro atoms. The fourth-order valence-corrected chi connectivity index (χ4v) is 3.27. The van der Waals surface area contributed by atoms with Gasteiger partial charge in [0, 0.05) is 11.8 Å². The first-order chi connectivity index (χ1) is 13.9. The summed E-state index contributed by atoms with van der Waals surface area (Å²) in [6.07, 6.45) is 4.42. The van der Waals surface area contributed by atoms with Gasteiger partial charge in [-0.1, -0.05) is 56.5 Å². The summed E-state index contributed by atoms with van der Waals surface area (Å²) < 4.78 is 0. The van der Waals surface area contributed by atoms with Crippen LogP contribution in [0.3, 0.4) is 0 Å². The standard InChI is InChI=1S/C23H31NO5/c1-2-3-4-10-21(27)23-18-9-6-5-8-16(18)15-17(24-23)13-14-20(26)19(25)11-7-12-22(28)29/h5-6,8-9,13-15,19-21,25-27H,2-4,7,10-12H2,1H3,(H,28,29). The monoisotopic (exact) mass is 401 g/mol. The molecule has 0 aliphatic carbocycles. The molecular weight excluding hydrogens is 370 g/mol. The third-order valence-corrected chi connectivity index (χ3v) is 4.94. The second kappa shape index (κ2) is 11.7. The summed E-state index contributed by atoms with van der Waals surface area (Å²) in [7, 11) is 0. The molecule has 4 N–H and O–H groups in total. The molecule has 29 heavy (non-hydrogen) atoms. The van der Waals surface area contributed by atoms with Crippen molar-refractivity contribution in [2.45, 2.75) is 70.2 Å². The number of aliphatic carboxylic acids is 1. The van der Waals surface area contributed by atoms with E-state index in [0.717, 1.165) is 30.0 Å². The van der Waals surface area contributed by atoms with Crippen molar-refractivity contribution in [3.8, 4) is 0 Å². The molecule has 0 fully saturated rings. The SMILES string of the molecule is CCCCCC(O)c1nc(C=CC(O)C(O)CCCC(=O)O)cc2ccccc12. The van der Waals surface area contributed by atoms with Gasteiger partial charge < -0.3 is 20.4 Å². The molecule has 3 unspecified atom stereocenters. The normalized spacial score (nSPS) is 14.9. The molecule has 6 heteroatoms. The summed E-state index contributed by atoms with van der Waals surface area (Å²) in [5.74, 6) is -0.924. The third kappa shape index (κ3) is 7.24. The predicted octanol–water partition coefficient (Wildman–Crippen LogP) is 3.84. The van der Waals surface area contributed by atoms with Gasteiger partial charge in [0.1, 0.15) is 0 Å². The fourth-order valence-electron chi connectivity index (χ4n) is 3.27. The van der Waals surface area contributed by atoms with Crippen LogP contribution in [0.4, 0.5) is 0 Å². The number of aliphatic hydroxyl groups is 3. The highest BCUT2D eigenvalue weighted by Gasteiger charge is 2.16. The number of hydrogen-bond acceptors (Lipinski definition) is 5. The van der Waals surface area contributed by atoms with Crippen molar-refractivity contribution in [3.63, 3.8) is 0 Å². The number of aromatic nitrogens is 1. The largest absolute Gasteiger partial charge is 0.481 e. The van der Waals surface area contributed by atoms with Crippen molar-refractivity contribution in [1.29, 1.82) is 0 Å². The summed E-state index contributed by atoms with van der Waals surface area (Å²) in [6.45, 7) is 2.12. The average Bonchev–Trinajstić information content (AvgIpc) is 2.71. The van der Waals surface area contributed by atoms with Crippen LogP contribution in [0.25, 0.3) is 16.8 Å². The van der Waals surface area contributed by atoms with Gasteiger partial charge in [-0.25, -0.2) is 0 Å². The zero-order valence-corrected chi connectivity index (χ0v) is 16.9. The lowest BCUT2D eigenvalue weighted by Crippen LogP contribution is -2.23. The Labute approximate surface area is 171 Å². The first kappa shape index (κ1) is 23.0. The Morgan fingerprint density at radius 2 is 1.86 bits per heavy atom. The van der Waals surface area contributed by atoms with E-state index in [0.29, 0.717) is 24.2 Å². The maximum Gasteiger partial charge on any atom is 0.303 e. The number of carboxylic acids is 1. The highest BCUT2D eigenvalue weighted by Crippen LogP contribution is 2.27. The third-order valence-electron chi connectivity index (χ3n) is 4.94. The van der Waals surface area contributed by atoms with Crippen LogP contribution < -0.4 is 0 Å². The van der Waals surface area contributed by atoms with E-state index in [1.165, 1.54) is 6.08 Å². The number of pyridine rings is 1. The number of rotatable bonds is 12. The number of unbranched alkanes of at least 4 members (excludes halogenated alkanes) is 2. The number of benzene rings is 1. The zero-order valence-electron chi connectivity index (χ0n) is 16.9. The van der Waals surface area contributed by atoms with Crippen LogP contribution in [0.2, 0.25) is 0 Å². The van der Waals surface area contributed by atoms with Crippen molar-refractivity contribution in [3.05, 3.63) is 47.8 Å². The lowest BCUT2D eigenvalue weighted by atomic mass is 10.0. The summed E-state index contributed by atoms with van der Waals surface area (Å²) in [6, 6.07) is 9.60. The van der Waals surface area contributed by atoms with Crippen LogP contribution in [-0.4, -0.2) is 43.6 Å². The minimum Gasteiger partial charge on any atom is -0.481 e. The Hall–Kier alpha value is -2.28. The minimum atomic E-state index is -1.12. The predicted molar refractivity (Wildman–Crippen MR) is 113 cm³/mol. The molecule has 1 aromatic carbocycles. The maximum atomic E-state index is 10.7. The minimum absolute atomic E-state index is 0.0427. The number of aliphatic hydroxyl groups excluding tert-OH is 3. The van der Waals surface area contributed by atoms with Gasteiger partial charge in [0.25, 0.3) is 0 Å². The summed E-state index contributed by atoms with van der Waals surface area (Å²) in [5, 5.41) is 41.3. The number of nitrogens with zero attached hydrogens (tertiary/aromatic N) is 1. The zero-order chi connectivity index (χ0) is 21.2. The van der Waals surface area contributed by atoms with E-state index in [9.17, 15) is 20.1 Å². The van der Waals surface area contributed by atoms with Crippen LogP contribution in [-0.2, 0) is 4.79 Å². The highest BCUT2D eigenvalue weighted by molar-refractivity contribution is 5.86. The molecule has 0 bridgehead atoms. The van der Waals surface area contributed by atoms with Crippen LogP contribution >= 0.6 is 0 Å². The van der Waals surface area contributed by atoms with Crippen LogP contribution in [0, 0.1) is 0 Å². The summed E-state index contributed by atoms with van der Waals surface area (Å²) >= 11 is 0. The second-order valence-corrected chi connectivity index (χ2v) is 7.37. The average molecular weight is 402 g/mol. The van der Waals surface area contributed by atoms with E-state index in [2.05, 4.69) is 11.9 Å². The van der Waals surface area contributed by atoms with Gasteiger partial charge in [-0.15, -0.1) is 0 Å². The number of fused-ring (bicyclic) bond motifs is 1. The molecule has 1 heterocycles. The Morgan fingerprint density at radius 1 is 1.10 bits per heavy atom. The van der Waals surface area contributed by atoms with Crippen molar-refractivity contribution >= 4 is 22.8 Å². The number of carbonyl (C=O) groups is 1. The van der Waals surface area contributed by atoms with Crippen LogP contribution in [0.1, 0.15) is 69.4 Å². The van der Waals surface area contributed by atoms with Gasteiger partial charge in [0.05, 0.1) is 29.7 Å². The summed E-state index contributed by atoms with van der Waals surface area (Å²) in [4.78, 5) is 15.1. The molecule has 0 radical (unpaired) electrons. The fraction of sp³-hybridized carbons (Fsp3) is 0.478. The number of hydrogen-bond donors (Lipinski definition) is 4. The van der Waals surface area contributed by atoms with Gasteiger partial charge >= 0.3 is 5.97 Å². The Morgan fingerprint density at radius 3 is 2.59 bits per heavy atom. The first-order valence-corrected chi connectivity index (χ1v) is 10.3. The molecule has 0 aliphatic heterocycles. The van der Waals surface area contributed by atoms with Crippen LogP contribution in [0.15, 0.2) is 36.4 Å². The Kier molecular flexibility index (Phi) is 9.25. The van der Waals surface area contributed by atoms with E-state index >= 15 is 0 Å². The molecular formula is C23H31NO5. The van der Waals surface area contributed by atoms with Crippen LogP contribution in [0.5, 0.6) is 0 Å². The quantitative estimate of drug-likeness (QED) is 0.402. The molecule has 158 valence electrons. The van der Waals surface area contributed by atoms with Gasteiger partial charge in [-0.2, -0.15) is 0 Å². The topological polar surface area (TPSA) is 111 Å². The molecule has 6 nitrogen and oxygen atoms in total. The summed E-state index contributed by atoms with van der Waals surface area (Å²) in [5.41, 5.74) is 1.21. The molecule has 0 saturated heterocycles. The van der Waals surface area contributed by atoms with Gasteiger partial charge in [-0.05, 0) is 36.8 Å². The molecule has 2 aromatic rings. The molecule has 1 aromatic heterocycles. The first-order valence-electron chi connectivity index (χ1n) is 10.3. The molecule has 3 atom stereocenters. The van der Waals surface area contributed by atoms with Gasteiger partial charge in [0.15, 0.2) is 0 Å². The molecule has 0 saturated carbocycles. The van der Waals surface area contributed by atoms with Gasteiger partial charge in [-0.3, -0.25) is 9.78 Å². The second-order valence-electron chi connectivity index (χ2n) is 7.37. The highest BCUT2D eigenvalue weighted by atomic mass is 16.4. The Balaban J connectivity index is 2.15. The van der Waals surface area contributed by atoms with Crippen molar-refractivity contribution in [2.24, 2.45) is 0 Å². The lowest BCUT2D eigenvalue weighted by Gasteiger charge is -2.15. The number of carboxylic acid groups (broad SMARTS) is 1. The molecule has 0 amide bonds. The maximum absolute atomic E-state index is 10.7. The van der Waals surface area contributed by atoms with Crippen molar-refractivity contribution in [1.82, 2.24) is 4.98 Å². The molecule has 0 aliphatic rings. The van der Waals surface area contributed by atoms with E-state index in [4.69, 9.17) is 5.11 Å². The van der Waals surface area contributed by atoms with E-state index in [1.54, 1.807) is 6.08 Å². The van der Waals surface area contributed by atoms with E-state index < -0.39 is 24.3 Å². The van der Waals surface area contributed by atoms with Crippen molar-refractivity contribution in [2.75, 3.05) is 0 Å². The smallest absolute Gasteiger partial charge is 0.303 e. The van der Waals surface area contributed by atoms with E-state index in [1.807, 2.05) is 30.3 Å².